The highest BCUT2D eigenvalue weighted by Gasteiger charge is 2.65. The maximum Gasteiger partial charge on any atom is 0.410 e. The van der Waals surface area contributed by atoms with Gasteiger partial charge in [0, 0.05) is 37.7 Å². The summed E-state index contributed by atoms with van der Waals surface area (Å²) < 4.78 is 32.6. The fraction of sp³-hybridized carbons (Fsp3) is 0.655. The Morgan fingerprint density at radius 3 is 2.21 bits per heavy atom. The molecule has 1 fully saturated rings. The molecule has 372 valence electrons. The van der Waals surface area contributed by atoms with Crippen molar-refractivity contribution in [2.45, 2.75) is 174 Å². The number of unbranched alkanes of at least 4 members (excludes halogenated alkanes) is 11. The van der Waals surface area contributed by atoms with E-state index in [2.05, 4.69) is 26.5 Å². The first kappa shape index (κ1) is 53.6. The number of amides is 1. The molecule has 1 heterocycles. The molecule has 0 spiro atoms. The fourth-order valence-electron chi connectivity index (χ4n) is 10.4. The maximum atomic E-state index is 14.6. The third-order valence-electron chi connectivity index (χ3n) is 13.4. The Balaban J connectivity index is 1.62. The number of rotatable bonds is 30. The molecule has 3 aliphatic rings. The van der Waals surface area contributed by atoms with Gasteiger partial charge in [-0.2, -0.15) is 0 Å². The van der Waals surface area contributed by atoms with Crippen molar-refractivity contribution >= 4 is 18.1 Å². The smallest absolute Gasteiger partial charge is 0.410 e. The first-order chi connectivity index (χ1) is 32.5. The molecule has 1 aliphatic heterocycles. The van der Waals surface area contributed by atoms with Crippen LogP contribution in [0.2, 0.25) is 0 Å². The number of carbonyl (C=O) groups is 2. The lowest BCUT2D eigenvalue weighted by Crippen LogP contribution is -2.70. The summed E-state index contributed by atoms with van der Waals surface area (Å²) in [6.07, 6.45) is 21.8. The summed E-state index contributed by atoms with van der Waals surface area (Å²) in [7, 11) is 1.52. The number of carbonyl (C=O) groups excluding carboxylic acids is 2. The lowest BCUT2D eigenvalue weighted by Gasteiger charge is -2.60. The van der Waals surface area contributed by atoms with E-state index in [1.165, 1.54) is 52.1 Å². The summed E-state index contributed by atoms with van der Waals surface area (Å²) in [6, 6.07) is 10.3. The molecule has 0 radical (unpaired) electrons. The van der Waals surface area contributed by atoms with E-state index in [1.807, 2.05) is 43.9 Å². The topological polar surface area (TPSA) is 146 Å². The van der Waals surface area contributed by atoms with Crippen molar-refractivity contribution in [2.75, 3.05) is 40.1 Å². The largest absolute Gasteiger partial charge is 0.496 e. The van der Waals surface area contributed by atoms with Crippen molar-refractivity contribution in [1.82, 2.24) is 4.90 Å². The molecule has 2 aromatic rings. The number of ether oxygens (including phenoxy) is 5. The van der Waals surface area contributed by atoms with Gasteiger partial charge in [-0.25, -0.2) is 4.79 Å². The van der Waals surface area contributed by atoms with Crippen LogP contribution in [0.4, 0.5) is 4.79 Å². The first-order valence-corrected chi connectivity index (χ1v) is 25.5. The van der Waals surface area contributed by atoms with E-state index in [-0.39, 0.29) is 37.6 Å². The van der Waals surface area contributed by atoms with Crippen molar-refractivity contribution in [3.8, 4) is 23.0 Å². The van der Waals surface area contributed by atoms with Crippen LogP contribution in [-0.4, -0.2) is 90.7 Å². The van der Waals surface area contributed by atoms with Crippen LogP contribution in [0, 0.1) is 17.8 Å². The standard InChI is InChI=1S/C55H82N2O10/c1-8-11-12-13-14-15-16-17-18-23-34-63-53(61)57(30-9-2)50-38-47(56-67-54(4,5)6)45-36-40(24-19-21-31-58)44(25-20-22-32-59)51-46-37-43(65-42-26-28-48(62-7)41(35-42)39-60)27-29-49(46)66-55(50,52(45)51)64-33-10-3/h10,26-29,35-37,39-40,44,50-52,58-59H,3,8-9,11-25,30-34,38H2,1-2,4-7H3/t40-,44+,50-,51+,52+,55+/m0/s1. The number of benzene rings is 2. The molecule has 0 aromatic heterocycles. The van der Waals surface area contributed by atoms with E-state index in [9.17, 15) is 19.8 Å². The number of nitrogens with zero attached hydrogens (tertiary/aromatic N) is 2. The predicted octanol–water partition coefficient (Wildman–Crippen LogP) is 12.5. The van der Waals surface area contributed by atoms with Gasteiger partial charge >= 0.3 is 6.09 Å². The summed E-state index contributed by atoms with van der Waals surface area (Å²) in [4.78, 5) is 34.7. The quantitative estimate of drug-likeness (QED) is 0.0336. The van der Waals surface area contributed by atoms with Crippen molar-refractivity contribution in [2.24, 2.45) is 22.9 Å². The van der Waals surface area contributed by atoms with Crippen LogP contribution in [0.5, 0.6) is 23.0 Å². The van der Waals surface area contributed by atoms with Gasteiger partial charge in [0.15, 0.2) is 6.29 Å². The Morgan fingerprint density at radius 1 is 0.896 bits per heavy atom. The number of fused-ring (bicyclic) bond motifs is 2. The summed E-state index contributed by atoms with van der Waals surface area (Å²) in [5, 5.41) is 24.9. The Morgan fingerprint density at radius 2 is 1.57 bits per heavy atom. The van der Waals surface area contributed by atoms with E-state index in [1.54, 1.807) is 24.3 Å². The highest BCUT2D eigenvalue weighted by atomic mass is 16.7. The summed E-state index contributed by atoms with van der Waals surface area (Å²) in [5.41, 5.74) is 2.40. The van der Waals surface area contributed by atoms with Gasteiger partial charge in [-0.3, -0.25) is 9.69 Å². The summed E-state index contributed by atoms with van der Waals surface area (Å²) in [5.74, 6) is 0.125. The van der Waals surface area contributed by atoms with Crippen molar-refractivity contribution in [3.05, 3.63) is 71.8 Å². The second-order valence-electron chi connectivity index (χ2n) is 19.6. The van der Waals surface area contributed by atoms with Crippen molar-refractivity contribution in [1.29, 1.82) is 0 Å². The van der Waals surface area contributed by atoms with Gasteiger partial charge in [0.05, 0.1) is 37.5 Å². The van der Waals surface area contributed by atoms with E-state index >= 15 is 0 Å². The lowest BCUT2D eigenvalue weighted by molar-refractivity contribution is -0.255. The average Bonchev–Trinajstić information content (AvgIpc) is 3.32. The van der Waals surface area contributed by atoms with Gasteiger partial charge in [-0.05, 0) is 113 Å². The zero-order chi connectivity index (χ0) is 48.2. The van der Waals surface area contributed by atoms with E-state index in [0.29, 0.717) is 67.4 Å². The molecule has 2 aromatic carbocycles. The number of hydrogen-bond donors (Lipinski definition) is 2. The van der Waals surface area contributed by atoms with Crippen LogP contribution in [0.1, 0.15) is 172 Å². The van der Waals surface area contributed by atoms with Gasteiger partial charge in [0.25, 0.3) is 0 Å². The number of methoxy groups -OCH3 is 1. The number of hydrogen-bond acceptors (Lipinski definition) is 11. The van der Waals surface area contributed by atoms with E-state index in [4.69, 9.17) is 33.7 Å². The molecule has 1 saturated carbocycles. The maximum absolute atomic E-state index is 14.6. The molecule has 0 saturated heterocycles. The first-order valence-electron chi connectivity index (χ1n) is 25.5. The molecule has 67 heavy (non-hydrogen) atoms. The number of aliphatic hydroxyl groups excluding tert-OH is 2. The van der Waals surface area contributed by atoms with Crippen LogP contribution < -0.4 is 14.2 Å². The molecule has 12 nitrogen and oxygen atoms in total. The molecule has 0 bridgehead atoms. The number of aliphatic hydroxyl groups is 2. The highest BCUT2D eigenvalue weighted by molar-refractivity contribution is 6.03. The van der Waals surface area contributed by atoms with Crippen LogP contribution >= 0.6 is 0 Å². The molecule has 12 heteroatoms. The van der Waals surface area contributed by atoms with Crippen molar-refractivity contribution in [3.63, 3.8) is 0 Å². The van der Waals surface area contributed by atoms with Gasteiger partial charge in [-0.15, -0.1) is 6.58 Å². The zero-order valence-corrected chi connectivity index (χ0v) is 41.6. The molecule has 0 unspecified atom stereocenters. The normalized spacial score (nSPS) is 22.5. The molecular weight excluding hydrogens is 849 g/mol. The molecule has 2 aliphatic carbocycles. The Bertz CT molecular complexity index is 1920. The van der Waals surface area contributed by atoms with E-state index in [0.717, 1.165) is 68.1 Å². The molecule has 6 atom stereocenters. The second kappa shape index (κ2) is 27.0. The average molecular weight is 931 g/mol. The van der Waals surface area contributed by atoms with Gasteiger partial charge in [0.2, 0.25) is 5.79 Å². The number of oxime groups is 1. The highest BCUT2D eigenvalue weighted by Crippen LogP contribution is 2.62. The van der Waals surface area contributed by atoms with E-state index < -0.39 is 29.4 Å². The minimum Gasteiger partial charge on any atom is -0.496 e. The van der Waals surface area contributed by atoms with Gasteiger partial charge in [0.1, 0.15) is 34.6 Å². The molecular formula is C55H82N2O10. The summed E-state index contributed by atoms with van der Waals surface area (Å²) >= 11 is 0. The fourth-order valence-corrected chi connectivity index (χ4v) is 10.4. The molecule has 2 N–H and O–H groups in total. The Hall–Kier alpha value is -4.39. The third kappa shape index (κ3) is 14.3. The minimum atomic E-state index is -1.40. The van der Waals surface area contributed by atoms with Gasteiger partial charge in [-0.1, -0.05) is 102 Å². The van der Waals surface area contributed by atoms with Crippen LogP contribution in [0.25, 0.3) is 0 Å². The Labute approximate surface area is 401 Å². The third-order valence-corrected chi connectivity index (χ3v) is 13.4. The van der Waals surface area contributed by atoms with Crippen LogP contribution in [0.15, 0.2) is 65.9 Å². The molecule has 1 amide bonds. The van der Waals surface area contributed by atoms with Gasteiger partial charge < -0.3 is 38.7 Å². The minimum absolute atomic E-state index is 0.0395. The van der Waals surface area contributed by atoms with Crippen LogP contribution in [-0.2, 0) is 14.3 Å². The lowest BCUT2D eigenvalue weighted by atomic mass is 9.55. The number of aldehydes is 1. The SMILES string of the molecule is C=CCO[C@@]12Oc3ccc(Oc4ccc(OC)c(C=O)c4)cc3[C@H]3[C@H](CCCCO)[C@@H](CCCCO)C=C(C(=NOC(C)(C)C)C[C@@H]1N(CCC)C(=O)OCCCCCCCCCCCC)[C@H]32. The Kier molecular flexibility index (Phi) is 21.6. The summed E-state index contributed by atoms with van der Waals surface area (Å²) in [6.45, 7) is 15.4. The zero-order valence-electron chi connectivity index (χ0n) is 41.6. The second-order valence-corrected chi connectivity index (χ2v) is 19.6. The number of allylic oxidation sites excluding steroid dienone is 1. The van der Waals surface area contributed by atoms with Crippen molar-refractivity contribution < 1.29 is 48.3 Å². The van der Waals surface area contributed by atoms with Crippen LogP contribution in [0.3, 0.4) is 0 Å². The predicted molar refractivity (Wildman–Crippen MR) is 264 cm³/mol. The molecule has 5 rings (SSSR count). The monoisotopic (exact) mass is 931 g/mol.